The van der Waals surface area contributed by atoms with E-state index in [9.17, 15) is 0 Å². The van der Waals surface area contributed by atoms with Crippen LogP contribution >= 0.6 is 12.2 Å². The van der Waals surface area contributed by atoms with E-state index in [1.807, 2.05) is 0 Å². The van der Waals surface area contributed by atoms with Crippen molar-refractivity contribution in [2.45, 2.75) is 6.61 Å². The zero-order chi connectivity index (χ0) is 13.0. The Labute approximate surface area is 109 Å². The number of benzene rings is 1. The second kappa shape index (κ2) is 5.52. The summed E-state index contributed by atoms with van der Waals surface area (Å²) in [6, 6.07) is 8.66. The first-order valence-electron chi connectivity index (χ1n) is 5.20. The van der Waals surface area contributed by atoms with Gasteiger partial charge in [0, 0.05) is 0 Å². The van der Waals surface area contributed by atoms with Crippen molar-refractivity contribution in [3.05, 3.63) is 47.7 Å². The zero-order valence-electron chi connectivity index (χ0n) is 9.41. The number of nitrogens with zero attached hydrogens (tertiary/aromatic N) is 2. The number of aromatic nitrogens is 2. The highest BCUT2D eigenvalue weighted by molar-refractivity contribution is 7.80. The van der Waals surface area contributed by atoms with Gasteiger partial charge in [-0.25, -0.2) is 0 Å². The number of hydrogen-bond acceptors (Lipinski definition) is 5. The summed E-state index contributed by atoms with van der Waals surface area (Å²) in [5.74, 6) is 0.791. The largest absolute Gasteiger partial charge is 0.437 e. The monoisotopic (exact) mass is 261 g/mol. The maximum atomic E-state index is 9.05. The first-order valence-corrected chi connectivity index (χ1v) is 5.60. The molecule has 5 nitrogen and oxygen atoms in total. The molecule has 0 fully saturated rings. The minimum Gasteiger partial charge on any atom is -0.437 e. The topological polar surface area (TPSA) is 81.3 Å². The molecule has 0 amide bonds. The van der Waals surface area contributed by atoms with Crippen molar-refractivity contribution in [1.29, 1.82) is 0 Å². The third kappa shape index (κ3) is 2.79. The Balaban J connectivity index is 2.31. The van der Waals surface area contributed by atoms with Crippen LogP contribution in [0.1, 0.15) is 11.1 Å². The molecular weight excluding hydrogens is 250 g/mol. The van der Waals surface area contributed by atoms with Gasteiger partial charge >= 0.3 is 0 Å². The summed E-state index contributed by atoms with van der Waals surface area (Å²) in [6.07, 6.45) is 1.49. The lowest BCUT2D eigenvalue weighted by Gasteiger charge is -2.08. The van der Waals surface area contributed by atoms with Gasteiger partial charge < -0.3 is 15.6 Å². The molecule has 0 spiro atoms. The van der Waals surface area contributed by atoms with Crippen LogP contribution in [0.4, 0.5) is 0 Å². The molecule has 1 aromatic carbocycles. The number of rotatable bonds is 4. The molecule has 1 aromatic heterocycles. The van der Waals surface area contributed by atoms with Crippen LogP contribution in [0.2, 0.25) is 0 Å². The maximum Gasteiger partial charge on any atom is 0.249 e. The van der Waals surface area contributed by atoms with Crippen LogP contribution in [-0.2, 0) is 6.61 Å². The molecule has 0 unspecified atom stereocenters. The highest BCUT2D eigenvalue weighted by atomic mass is 32.1. The van der Waals surface area contributed by atoms with Crippen molar-refractivity contribution in [2.24, 2.45) is 5.73 Å². The molecule has 2 rings (SSSR count). The predicted octanol–water partition coefficient (Wildman–Crippen LogP) is 1.40. The Bertz CT molecular complexity index is 575. The quantitative estimate of drug-likeness (QED) is 0.810. The van der Waals surface area contributed by atoms with Crippen LogP contribution in [0.15, 0.2) is 36.5 Å². The average molecular weight is 261 g/mol. The summed E-state index contributed by atoms with van der Waals surface area (Å²) in [5.41, 5.74) is 6.83. The van der Waals surface area contributed by atoms with Gasteiger partial charge in [0.05, 0.1) is 18.4 Å². The molecule has 18 heavy (non-hydrogen) atoms. The van der Waals surface area contributed by atoms with Crippen LogP contribution in [0.25, 0.3) is 0 Å². The van der Waals surface area contributed by atoms with Gasteiger partial charge in [-0.1, -0.05) is 24.4 Å². The van der Waals surface area contributed by atoms with E-state index in [1.165, 1.54) is 6.20 Å². The molecule has 92 valence electrons. The van der Waals surface area contributed by atoms with Gasteiger partial charge in [0.15, 0.2) is 0 Å². The minimum atomic E-state index is -0.0557. The summed E-state index contributed by atoms with van der Waals surface area (Å²) >= 11 is 4.90. The minimum absolute atomic E-state index is 0.0557. The highest BCUT2D eigenvalue weighted by Gasteiger charge is 2.09. The van der Waals surface area contributed by atoms with Gasteiger partial charge in [-0.05, 0) is 23.8 Å². The first-order chi connectivity index (χ1) is 8.70. The number of aliphatic hydroxyl groups excluding tert-OH is 1. The van der Waals surface area contributed by atoms with Crippen molar-refractivity contribution in [1.82, 2.24) is 10.2 Å². The molecule has 2 aromatic rings. The van der Waals surface area contributed by atoms with E-state index in [0.717, 1.165) is 5.56 Å². The van der Waals surface area contributed by atoms with Crippen LogP contribution in [0.5, 0.6) is 11.6 Å². The van der Waals surface area contributed by atoms with E-state index >= 15 is 0 Å². The zero-order valence-corrected chi connectivity index (χ0v) is 10.2. The SMILES string of the molecule is NC(=S)c1ccnnc1Oc1cccc(CO)c1. The van der Waals surface area contributed by atoms with Gasteiger partial charge in [-0.2, -0.15) is 5.10 Å². The van der Waals surface area contributed by atoms with Gasteiger partial charge in [0.25, 0.3) is 0 Å². The fraction of sp³-hybridized carbons (Fsp3) is 0.0833. The Kier molecular flexibility index (Phi) is 3.81. The predicted molar refractivity (Wildman–Crippen MR) is 70.4 cm³/mol. The van der Waals surface area contributed by atoms with E-state index in [4.69, 9.17) is 27.8 Å². The molecule has 0 aliphatic rings. The molecule has 0 bridgehead atoms. The third-order valence-corrected chi connectivity index (χ3v) is 2.47. The summed E-state index contributed by atoms with van der Waals surface area (Å²) in [6.45, 7) is -0.0557. The van der Waals surface area contributed by atoms with Crippen LogP contribution in [0, 0.1) is 0 Å². The second-order valence-electron chi connectivity index (χ2n) is 3.52. The van der Waals surface area contributed by atoms with Crippen molar-refractivity contribution in [2.75, 3.05) is 0 Å². The van der Waals surface area contributed by atoms with Gasteiger partial charge in [-0.3, -0.25) is 0 Å². The first kappa shape index (κ1) is 12.4. The standard InChI is InChI=1S/C12H11N3O2S/c13-11(18)10-4-5-14-15-12(10)17-9-3-1-2-8(6-9)7-16/h1-6,16H,7H2,(H2,13,18). The number of nitrogens with two attached hydrogens (primary N) is 1. The van der Waals surface area contributed by atoms with Crippen molar-refractivity contribution in [3.8, 4) is 11.6 Å². The Morgan fingerprint density at radius 1 is 1.39 bits per heavy atom. The van der Waals surface area contributed by atoms with Crippen molar-refractivity contribution < 1.29 is 9.84 Å². The molecule has 0 aliphatic carbocycles. The number of aliphatic hydroxyl groups is 1. The molecule has 6 heteroatoms. The van der Waals surface area contributed by atoms with E-state index in [1.54, 1.807) is 30.3 Å². The number of hydrogen-bond donors (Lipinski definition) is 2. The third-order valence-electron chi connectivity index (χ3n) is 2.25. The molecule has 0 atom stereocenters. The lowest BCUT2D eigenvalue weighted by atomic mass is 10.2. The summed E-state index contributed by atoms with van der Waals surface area (Å²) in [7, 11) is 0. The van der Waals surface area contributed by atoms with E-state index in [-0.39, 0.29) is 17.5 Å². The Hall–Kier alpha value is -2.05. The molecule has 0 aliphatic heterocycles. The van der Waals surface area contributed by atoms with Gasteiger partial charge in [0.1, 0.15) is 10.7 Å². The average Bonchev–Trinajstić information content (AvgIpc) is 2.39. The number of ether oxygens (including phenoxy) is 1. The molecule has 3 N–H and O–H groups in total. The second-order valence-corrected chi connectivity index (χ2v) is 3.96. The summed E-state index contributed by atoms with van der Waals surface area (Å²) in [4.78, 5) is 0.193. The highest BCUT2D eigenvalue weighted by Crippen LogP contribution is 2.23. The lowest BCUT2D eigenvalue weighted by molar-refractivity contribution is 0.281. The van der Waals surface area contributed by atoms with Crippen LogP contribution < -0.4 is 10.5 Å². The Morgan fingerprint density at radius 2 is 2.22 bits per heavy atom. The molecule has 0 saturated carbocycles. The Morgan fingerprint density at radius 3 is 2.94 bits per heavy atom. The van der Waals surface area contributed by atoms with E-state index in [2.05, 4.69) is 10.2 Å². The summed E-state index contributed by atoms with van der Waals surface area (Å²) in [5, 5.41) is 16.6. The van der Waals surface area contributed by atoms with Gasteiger partial charge in [-0.15, -0.1) is 5.10 Å². The maximum absolute atomic E-state index is 9.05. The fourth-order valence-corrected chi connectivity index (χ4v) is 1.56. The van der Waals surface area contributed by atoms with E-state index in [0.29, 0.717) is 11.3 Å². The van der Waals surface area contributed by atoms with Gasteiger partial charge in [0.2, 0.25) is 5.88 Å². The molecular formula is C12H11N3O2S. The number of thiocarbonyl (C=S) groups is 1. The van der Waals surface area contributed by atoms with Crippen molar-refractivity contribution in [3.63, 3.8) is 0 Å². The van der Waals surface area contributed by atoms with Crippen LogP contribution in [-0.4, -0.2) is 20.3 Å². The smallest absolute Gasteiger partial charge is 0.249 e. The molecule has 1 heterocycles. The molecule has 0 radical (unpaired) electrons. The fourth-order valence-electron chi connectivity index (χ4n) is 1.40. The van der Waals surface area contributed by atoms with Crippen LogP contribution in [0.3, 0.4) is 0 Å². The van der Waals surface area contributed by atoms with Crippen molar-refractivity contribution >= 4 is 17.2 Å². The summed E-state index contributed by atoms with van der Waals surface area (Å²) < 4.78 is 5.56. The van der Waals surface area contributed by atoms with E-state index < -0.39 is 0 Å². The normalized spacial score (nSPS) is 10.1. The molecule has 0 saturated heterocycles. The lowest BCUT2D eigenvalue weighted by Crippen LogP contribution is -2.12.